The highest BCUT2D eigenvalue weighted by molar-refractivity contribution is 5.91. The lowest BCUT2D eigenvalue weighted by Crippen LogP contribution is -2.23. The lowest BCUT2D eigenvalue weighted by atomic mass is 10.2. The Labute approximate surface area is 111 Å². The van der Waals surface area contributed by atoms with Crippen LogP contribution in [0.3, 0.4) is 0 Å². The second-order valence-corrected chi connectivity index (χ2v) is 4.38. The van der Waals surface area contributed by atoms with E-state index in [0.717, 1.165) is 11.3 Å². The lowest BCUT2D eigenvalue weighted by Gasteiger charge is -2.01. The van der Waals surface area contributed by atoms with Gasteiger partial charge in [0.1, 0.15) is 5.69 Å². The predicted octanol–water partition coefficient (Wildman–Crippen LogP) is -0.186. The summed E-state index contributed by atoms with van der Waals surface area (Å²) in [6.45, 7) is 3.54. The zero-order valence-corrected chi connectivity index (χ0v) is 11.1. The van der Waals surface area contributed by atoms with Crippen molar-refractivity contribution in [2.45, 2.75) is 20.0 Å². The van der Waals surface area contributed by atoms with Gasteiger partial charge < -0.3 is 15.6 Å². The molecule has 0 saturated heterocycles. The smallest absolute Gasteiger partial charge is 0.271 e. The van der Waals surface area contributed by atoms with Crippen LogP contribution in [-0.4, -0.2) is 31.8 Å². The Morgan fingerprint density at radius 1 is 1.47 bits per heavy atom. The highest BCUT2D eigenvalue weighted by Crippen LogP contribution is 2.04. The van der Waals surface area contributed by atoms with Crippen molar-refractivity contribution in [3.8, 4) is 0 Å². The number of nitrogens with zero attached hydrogens (tertiary/aromatic N) is 4. The van der Waals surface area contributed by atoms with Gasteiger partial charge in [0.15, 0.2) is 0 Å². The molecule has 19 heavy (non-hydrogen) atoms. The predicted molar refractivity (Wildman–Crippen MR) is 70.4 cm³/mol. The van der Waals surface area contributed by atoms with Gasteiger partial charge in [0.2, 0.25) is 0 Å². The van der Waals surface area contributed by atoms with Gasteiger partial charge in [-0.2, -0.15) is 5.10 Å². The molecule has 2 aromatic heterocycles. The molecule has 0 aliphatic heterocycles. The Balaban J connectivity index is 1.95. The quantitative estimate of drug-likeness (QED) is 0.781. The Morgan fingerprint density at radius 2 is 2.26 bits per heavy atom. The van der Waals surface area contributed by atoms with Crippen molar-refractivity contribution in [2.75, 3.05) is 6.54 Å². The van der Waals surface area contributed by atoms with Crippen LogP contribution in [0.2, 0.25) is 0 Å². The van der Waals surface area contributed by atoms with Gasteiger partial charge >= 0.3 is 0 Å². The Kier molecular flexibility index (Phi) is 3.96. The van der Waals surface area contributed by atoms with E-state index in [9.17, 15) is 4.79 Å². The topological polar surface area (TPSA) is 90.8 Å². The van der Waals surface area contributed by atoms with Crippen LogP contribution in [0.4, 0.5) is 0 Å². The Morgan fingerprint density at radius 3 is 2.89 bits per heavy atom. The highest BCUT2D eigenvalue weighted by Gasteiger charge is 2.10. The molecule has 0 saturated carbocycles. The standard InChI is InChI=1S/C12H18N6O/c1-9-10(6-17(2)16-9)5-14-12(19)11-7-18(4-3-13)8-15-11/h6-8H,3-5,13H2,1-2H3,(H,14,19). The van der Waals surface area contributed by atoms with E-state index in [1.165, 1.54) is 0 Å². The molecule has 0 aliphatic carbocycles. The molecule has 0 radical (unpaired) electrons. The van der Waals surface area contributed by atoms with Crippen LogP contribution in [0.5, 0.6) is 0 Å². The first kappa shape index (κ1) is 13.3. The number of hydrogen-bond acceptors (Lipinski definition) is 4. The van der Waals surface area contributed by atoms with Gasteiger partial charge in [-0.25, -0.2) is 4.98 Å². The summed E-state index contributed by atoms with van der Waals surface area (Å²) in [4.78, 5) is 16.0. The van der Waals surface area contributed by atoms with E-state index in [2.05, 4.69) is 15.4 Å². The molecule has 2 aromatic rings. The first-order chi connectivity index (χ1) is 9.10. The van der Waals surface area contributed by atoms with E-state index in [1.54, 1.807) is 21.8 Å². The van der Waals surface area contributed by atoms with Crippen LogP contribution >= 0.6 is 0 Å². The first-order valence-electron chi connectivity index (χ1n) is 6.09. The van der Waals surface area contributed by atoms with Crippen molar-refractivity contribution in [3.63, 3.8) is 0 Å². The summed E-state index contributed by atoms with van der Waals surface area (Å²) in [6, 6.07) is 0. The van der Waals surface area contributed by atoms with E-state index in [4.69, 9.17) is 5.73 Å². The number of amides is 1. The third-order valence-corrected chi connectivity index (χ3v) is 2.81. The maximum atomic E-state index is 11.9. The molecule has 7 nitrogen and oxygen atoms in total. The molecular formula is C12H18N6O. The molecule has 7 heteroatoms. The van der Waals surface area contributed by atoms with Crippen LogP contribution in [0.1, 0.15) is 21.7 Å². The van der Waals surface area contributed by atoms with Crippen molar-refractivity contribution >= 4 is 5.91 Å². The maximum Gasteiger partial charge on any atom is 0.271 e. The van der Waals surface area contributed by atoms with Crippen LogP contribution < -0.4 is 11.1 Å². The fourth-order valence-corrected chi connectivity index (χ4v) is 1.84. The van der Waals surface area contributed by atoms with Crippen molar-refractivity contribution in [1.29, 1.82) is 0 Å². The second kappa shape index (κ2) is 5.66. The maximum absolute atomic E-state index is 11.9. The molecule has 0 aromatic carbocycles. The number of nitrogens with two attached hydrogens (primary N) is 1. The van der Waals surface area contributed by atoms with E-state index >= 15 is 0 Å². The van der Waals surface area contributed by atoms with Crippen LogP contribution in [0, 0.1) is 6.92 Å². The SMILES string of the molecule is Cc1nn(C)cc1CNC(=O)c1cn(CCN)cn1. The number of nitrogens with one attached hydrogen (secondary N) is 1. The average molecular weight is 262 g/mol. The molecule has 3 N–H and O–H groups in total. The van der Waals surface area contributed by atoms with Crippen LogP contribution in [-0.2, 0) is 20.1 Å². The number of rotatable bonds is 5. The molecule has 2 heterocycles. The van der Waals surface area contributed by atoms with Gasteiger partial charge in [-0.05, 0) is 6.92 Å². The third-order valence-electron chi connectivity index (χ3n) is 2.81. The molecule has 0 spiro atoms. The monoisotopic (exact) mass is 262 g/mol. The molecule has 1 amide bonds. The van der Waals surface area contributed by atoms with Gasteiger partial charge in [-0.15, -0.1) is 0 Å². The van der Waals surface area contributed by atoms with Gasteiger partial charge in [0.25, 0.3) is 5.91 Å². The van der Waals surface area contributed by atoms with Gasteiger partial charge in [-0.1, -0.05) is 0 Å². The normalized spacial score (nSPS) is 10.7. The first-order valence-corrected chi connectivity index (χ1v) is 6.09. The zero-order chi connectivity index (χ0) is 13.8. The molecule has 2 rings (SSSR count). The number of aryl methyl sites for hydroxylation is 2. The number of carbonyl (C=O) groups is 1. The number of carbonyl (C=O) groups excluding carboxylic acids is 1. The van der Waals surface area contributed by atoms with Crippen molar-refractivity contribution in [1.82, 2.24) is 24.6 Å². The largest absolute Gasteiger partial charge is 0.346 e. The number of imidazole rings is 1. The third kappa shape index (κ3) is 3.19. The molecule has 0 unspecified atom stereocenters. The van der Waals surface area contributed by atoms with Crippen LogP contribution in [0.25, 0.3) is 0 Å². The fraction of sp³-hybridized carbons (Fsp3) is 0.417. The molecular weight excluding hydrogens is 244 g/mol. The summed E-state index contributed by atoms with van der Waals surface area (Å²) in [7, 11) is 1.85. The van der Waals surface area contributed by atoms with Gasteiger partial charge in [0, 0.05) is 44.6 Å². The summed E-state index contributed by atoms with van der Waals surface area (Å²) >= 11 is 0. The van der Waals surface area contributed by atoms with E-state index < -0.39 is 0 Å². The molecule has 0 atom stereocenters. The molecule has 0 bridgehead atoms. The van der Waals surface area contributed by atoms with E-state index in [0.29, 0.717) is 25.3 Å². The number of aromatic nitrogens is 4. The van der Waals surface area contributed by atoms with Gasteiger partial charge in [0.05, 0.1) is 12.0 Å². The average Bonchev–Trinajstić information content (AvgIpc) is 2.94. The molecule has 0 aliphatic rings. The van der Waals surface area contributed by atoms with Crippen molar-refractivity contribution in [2.24, 2.45) is 12.8 Å². The summed E-state index contributed by atoms with van der Waals surface area (Å²) in [5.74, 6) is -0.195. The van der Waals surface area contributed by atoms with E-state index in [-0.39, 0.29) is 5.91 Å². The van der Waals surface area contributed by atoms with Gasteiger partial charge in [-0.3, -0.25) is 9.48 Å². The van der Waals surface area contributed by atoms with Crippen LogP contribution in [0.15, 0.2) is 18.7 Å². The zero-order valence-electron chi connectivity index (χ0n) is 11.1. The van der Waals surface area contributed by atoms with E-state index in [1.807, 2.05) is 20.2 Å². The summed E-state index contributed by atoms with van der Waals surface area (Å²) in [6.07, 6.45) is 5.19. The summed E-state index contributed by atoms with van der Waals surface area (Å²) in [5, 5.41) is 7.05. The minimum absolute atomic E-state index is 0.195. The molecule has 0 fully saturated rings. The van der Waals surface area contributed by atoms with Crippen molar-refractivity contribution in [3.05, 3.63) is 35.7 Å². The van der Waals surface area contributed by atoms with Crippen molar-refractivity contribution < 1.29 is 4.79 Å². The fourth-order valence-electron chi connectivity index (χ4n) is 1.84. The second-order valence-electron chi connectivity index (χ2n) is 4.38. The highest BCUT2D eigenvalue weighted by atomic mass is 16.1. The molecule has 102 valence electrons. The lowest BCUT2D eigenvalue weighted by molar-refractivity contribution is 0.0946. The Hall–Kier alpha value is -2.15. The number of hydrogen-bond donors (Lipinski definition) is 2. The minimum atomic E-state index is -0.195. The summed E-state index contributed by atoms with van der Waals surface area (Å²) < 4.78 is 3.52. The Bertz CT molecular complexity index is 571. The minimum Gasteiger partial charge on any atom is -0.346 e. The summed E-state index contributed by atoms with van der Waals surface area (Å²) in [5.41, 5.74) is 7.75.